The third-order valence-corrected chi connectivity index (χ3v) is 4.62. The highest BCUT2D eigenvalue weighted by Crippen LogP contribution is 2.21. The van der Waals surface area contributed by atoms with Crippen LogP contribution in [0.1, 0.15) is 13.8 Å². The molecule has 0 bridgehead atoms. The molecule has 1 aromatic carbocycles. The molecule has 1 saturated heterocycles. The van der Waals surface area contributed by atoms with Crippen LogP contribution in [-0.4, -0.2) is 60.8 Å². The Labute approximate surface area is 144 Å². The second-order valence-electron chi connectivity index (χ2n) is 5.76. The van der Waals surface area contributed by atoms with E-state index >= 15 is 0 Å². The Morgan fingerprint density at radius 3 is 2.24 bits per heavy atom. The normalized spacial score (nSPS) is 15.3. The molecular formula is C15H17N3O6S. The third kappa shape index (κ3) is 3.68. The molecule has 134 valence electrons. The van der Waals surface area contributed by atoms with Gasteiger partial charge in [-0.3, -0.25) is 19.3 Å². The van der Waals surface area contributed by atoms with Crippen LogP contribution in [0.3, 0.4) is 0 Å². The molecule has 25 heavy (non-hydrogen) atoms. The van der Waals surface area contributed by atoms with E-state index in [0.29, 0.717) is 4.90 Å². The lowest BCUT2D eigenvalue weighted by Gasteiger charge is -2.18. The molecule has 0 radical (unpaired) electrons. The smallest absolute Gasteiger partial charge is 0.323 e. The van der Waals surface area contributed by atoms with Gasteiger partial charge in [-0.15, -0.1) is 0 Å². The molecule has 10 heteroatoms. The Hall–Kier alpha value is -2.75. The topological polar surface area (TPSA) is 121 Å². The molecule has 0 aromatic heterocycles. The van der Waals surface area contributed by atoms with Crippen molar-refractivity contribution in [1.29, 1.82) is 0 Å². The van der Waals surface area contributed by atoms with E-state index in [2.05, 4.69) is 5.32 Å². The van der Waals surface area contributed by atoms with Crippen LogP contribution in [-0.2, 0) is 24.2 Å². The largest absolute Gasteiger partial charge is 0.334 e. The molecule has 0 unspecified atom stereocenters. The number of nitrogens with zero attached hydrogens (tertiary/aromatic N) is 2. The van der Waals surface area contributed by atoms with E-state index in [0.717, 1.165) is 11.2 Å². The molecular weight excluding hydrogens is 350 g/mol. The van der Waals surface area contributed by atoms with E-state index < -0.39 is 46.2 Å². The Morgan fingerprint density at radius 2 is 1.72 bits per heavy atom. The number of hydrogen-bond acceptors (Lipinski definition) is 6. The first-order valence-electron chi connectivity index (χ1n) is 7.32. The lowest BCUT2D eigenvalue weighted by molar-refractivity contribution is -0.144. The summed E-state index contributed by atoms with van der Waals surface area (Å²) >= 11 is 0. The van der Waals surface area contributed by atoms with Crippen LogP contribution in [0.25, 0.3) is 0 Å². The predicted molar refractivity (Wildman–Crippen MR) is 87.3 cm³/mol. The maximum absolute atomic E-state index is 12.1. The van der Waals surface area contributed by atoms with Crippen LogP contribution in [0.5, 0.6) is 0 Å². The molecule has 1 N–H and O–H groups in total. The number of sulfone groups is 1. The summed E-state index contributed by atoms with van der Waals surface area (Å²) in [7, 11) is -3.58. The number of imide groups is 2. The Morgan fingerprint density at radius 1 is 1.12 bits per heavy atom. The van der Waals surface area contributed by atoms with Gasteiger partial charge in [0.1, 0.15) is 6.54 Å². The molecule has 0 aliphatic carbocycles. The molecule has 1 aliphatic heterocycles. The summed E-state index contributed by atoms with van der Waals surface area (Å²) in [5.74, 6) is -2.88. The highest BCUT2D eigenvalue weighted by Gasteiger charge is 2.46. The fraction of sp³-hybridized carbons (Fsp3) is 0.333. The van der Waals surface area contributed by atoms with E-state index in [1.807, 2.05) is 0 Å². The minimum atomic E-state index is -3.58. The van der Waals surface area contributed by atoms with Gasteiger partial charge < -0.3 is 5.32 Å². The second-order valence-corrected chi connectivity index (χ2v) is 7.74. The van der Waals surface area contributed by atoms with Gasteiger partial charge in [0.2, 0.25) is 5.91 Å². The molecule has 2 rings (SSSR count). The number of nitrogens with one attached hydrogen (secondary N) is 1. The van der Waals surface area contributed by atoms with Crippen molar-refractivity contribution < 1.29 is 27.6 Å². The van der Waals surface area contributed by atoms with E-state index in [4.69, 9.17) is 0 Å². The SMILES string of the molecule is CC(C)N1C(=O)C(=O)N(CC(=O)Nc2ccccc2S(C)(=O)=O)C1=O. The van der Waals surface area contributed by atoms with Gasteiger partial charge in [-0.1, -0.05) is 12.1 Å². The first kappa shape index (κ1) is 18.6. The molecule has 9 nitrogen and oxygen atoms in total. The number of carbonyl (C=O) groups is 4. The lowest BCUT2D eigenvalue weighted by atomic mass is 10.3. The zero-order valence-electron chi connectivity index (χ0n) is 13.8. The van der Waals surface area contributed by atoms with Crippen LogP contribution < -0.4 is 5.32 Å². The average molecular weight is 367 g/mol. The van der Waals surface area contributed by atoms with Crippen molar-refractivity contribution in [3.63, 3.8) is 0 Å². The standard InChI is InChI=1S/C15H17N3O6S/c1-9(2)18-14(21)13(20)17(15(18)22)8-12(19)16-10-6-4-5-7-11(10)25(3,23)24/h4-7,9H,8H2,1-3H3,(H,16,19). The fourth-order valence-electron chi connectivity index (χ4n) is 2.34. The monoisotopic (exact) mass is 367 g/mol. The maximum Gasteiger partial charge on any atom is 0.334 e. The molecule has 1 aromatic rings. The minimum absolute atomic E-state index is 0.0288. The number of carbonyl (C=O) groups excluding carboxylic acids is 4. The summed E-state index contributed by atoms with van der Waals surface area (Å²) in [5.41, 5.74) is 0.0288. The Bertz CT molecular complexity index is 862. The summed E-state index contributed by atoms with van der Waals surface area (Å²) in [6.07, 6.45) is 0.991. The number of anilines is 1. The summed E-state index contributed by atoms with van der Waals surface area (Å²) in [4.78, 5) is 49.1. The van der Waals surface area contributed by atoms with Crippen LogP contribution in [0.4, 0.5) is 10.5 Å². The molecule has 1 aliphatic rings. The van der Waals surface area contributed by atoms with Gasteiger partial charge in [0.15, 0.2) is 9.84 Å². The van der Waals surface area contributed by atoms with Crippen molar-refractivity contribution in [1.82, 2.24) is 9.80 Å². The minimum Gasteiger partial charge on any atom is -0.323 e. The van der Waals surface area contributed by atoms with Crippen LogP contribution >= 0.6 is 0 Å². The Kier molecular flexibility index (Phi) is 4.93. The van der Waals surface area contributed by atoms with Crippen molar-refractivity contribution in [2.75, 3.05) is 18.1 Å². The van der Waals surface area contributed by atoms with Gasteiger partial charge >= 0.3 is 17.8 Å². The quantitative estimate of drug-likeness (QED) is 0.587. The van der Waals surface area contributed by atoms with E-state index in [1.54, 1.807) is 13.8 Å². The average Bonchev–Trinajstić information content (AvgIpc) is 2.70. The van der Waals surface area contributed by atoms with Crippen molar-refractivity contribution in [2.45, 2.75) is 24.8 Å². The summed E-state index contributed by atoms with van der Waals surface area (Å²) in [6.45, 7) is 2.44. The number of rotatable bonds is 5. The summed E-state index contributed by atoms with van der Waals surface area (Å²) in [6, 6.07) is 4.33. The van der Waals surface area contributed by atoms with Crippen molar-refractivity contribution in [2.24, 2.45) is 0 Å². The lowest BCUT2D eigenvalue weighted by Crippen LogP contribution is -2.40. The number of benzene rings is 1. The fourth-order valence-corrected chi connectivity index (χ4v) is 3.19. The second kappa shape index (κ2) is 6.63. The van der Waals surface area contributed by atoms with Crippen molar-refractivity contribution >= 4 is 39.3 Å². The van der Waals surface area contributed by atoms with E-state index in [-0.39, 0.29) is 10.6 Å². The molecule has 1 heterocycles. The molecule has 5 amide bonds. The predicted octanol–water partition coefficient (Wildman–Crippen LogP) is 0.228. The molecule has 0 spiro atoms. The van der Waals surface area contributed by atoms with Gasteiger partial charge in [-0.25, -0.2) is 18.1 Å². The van der Waals surface area contributed by atoms with Crippen molar-refractivity contribution in [3.05, 3.63) is 24.3 Å². The summed E-state index contributed by atoms with van der Waals surface area (Å²) < 4.78 is 23.4. The Balaban J connectivity index is 2.18. The van der Waals surface area contributed by atoms with Gasteiger partial charge in [0.25, 0.3) is 0 Å². The maximum atomic E-state index is 12.1. The van der Waals surface area contributed by atoms with Crippen molar-refractivity contribution in [3.8, 4) is 0 Å². The van der Waals surface area contributed by atoms with Gasteiger partial charge in [-0.2, -0.15) is 0 Å². The van der Waals surface area contributed by atoms with Gasteiger partial charge in [-0.05, 0) is 26.0 Å². The highest BCUT2D eigenvalue weighted by atomic mass is 32.2. The summed E-state index contributed by atoms with van der Waals surface area (Å²) in [5, 5.41) is 2.35. The molecule has 1 fully saturated rings. The van der Waals surface area contributed by atoms with Crippen LogP contribution in [0, 0.1) is 0 Å². The third-order valence-electron chi connectivity index (χ3n) is 3.46. The molecule has 0 saturated carbocycles. The number of hydrogen-bond donors (Lipinski definition) is 1. The number of para-hydroxylation sites is 1. The highest BCUT2D eigenvalue weighted by molar-refractivity contribution is 7.90. The number of amides is 5. The van der Waals surface area contributed by atoms with E-state index in [1.165, 1.54) is 24.3 Å². The first-order valence-corrected chi connectivity index (χ1v) is 9.21. The van der Waals surface area contributed by atoms with Gasteiger partial charge in [0, 0.05) is 12.3 Å². The van der Waals surface area contributed by atoms with E-state index in [9.17, 15) is 27.6 Å². The van der Waals surface area contributed by atoms with Crippen LogP contribution in [0.15, 0.2) is 29.2 Å². The first-order chi connectivity index (χ1) is 11.5. The zero-order valence-corrected chi connectivity index (χ0v) is 14.7. The van der Waals surface area contributed by atoms with Gasteiger partial charge in [0.05, 0.1) is 10.6 Å². The van der Waals surface area contributed by atoms with Crippen LogP contribution in [0.2, 0.25) is 0 Å². The number of urea groups is 1. The molecule has 0 atom stereocenters. The zero-order chi connectivity index (χ0) is 18.9.